The molecule has 1 aromatic rings. The Hall–Kier alpha value is 0.0500. The van der Waals surface area contributed by atoms with Gasteiger partial charge < -0.3 is 5.32 Å². The zero-order valence-corrected chi connectivity index (χ0v) is 14.3. The Bertz CT molecular complexity index is 543. The lowest BCUT2D eigenvalue weighted by Gasteiger charge is -2.12. The Kier molecular flexibility index (Phi) is 5.42. The second-order valence-electron chi connectivity index (χ2n) is 4.55. The third-order valence-electron chi connectivity index (χ3n) is 3.13. The van der Waals surface area contributed by atoms with E-state index in [-0.39, 0.29) is 4.90 Å². The van der Waals surface area contributed by atoms with Gasteiger partial charge in [-0.1, -0.05) is 15.9 Å². The lowest BCUT2D eigenvalue weighted by atomic mass is 10.2. The number of sulfonamides is 1. The highest BCUT2D eigenvalue weighted by atomic mass is 79.9. The first kappa shape index (κ1) is 15.4. The van der Waals surface area contributed by atoms with Gasteiger partial charge in [0.05, 0.1) is 4.90 Å². The van der Waals surface area contributed by atoms with Crippen LogP contribution in [-0.4, -0.2) is 27.5 Å². The molecule has 0 bridgehead atoms. The summed E-state index contributed by atoms with van der Waals surface area (Å²) in [7, 11) is -3.44. The summed E-state index contributed by atoms with van der Waals surface area (Å²) in [6.07, 6.45) is 3.13. The van der Waals surface area contributed by atoms with Crippen LogP contribution < -0.4 is 10.0 Å². The van der Waals surface area contributed by atoms with Crippen molar-refractivity contribution >= 4 is 41.9 Å². The maximum Gasteiger partial charge on any atom is 0.241 e. The van der Waals surface area contributed by atoms with E-state index in [0.717, 1.165) is 23.9 Å². The summed E-state index contributed by atoms with van der Waals surface area (Å²) >= 11 is 6.59. The predicted molar refractivity (Wildman–Crippen MR) is 82.7 cm³/mol. The molecule has 0 aromatic heterocycles. The quantitative estimate of drug-likeness (QED) is 0.782. The molecule has 0 aliphatic carbocycles. The van der Waals surface area contributed by atoms with Crippen LogP contribution in [0.1, 0.15) is 19.3 Å². The molecule has 1 heterocycles. The van der Waals surface area contributed by atoms with Gasteiger partial charge in [-0.2, -0.15) is 0 Å². The van der Waals surface area contributed by atoms with Gasteiger partial charge in [0.25, 0.3) is 0 Å². The van der Waals surface area contributed by atoms with Crippen molar-refractivity contribution in [3.63, 3.8) is 0 Å². The third kappa shape index (κ3) is 4.26. The zero-order chi connectivity index (χ0) is 13.9. The maximum absolute atomic E-state index is 12.2. The summed E-state index contributed by atoms with van der Waals surface area (Å²) in [5, 5.41) is 3.35. The Balaban J connectivity index is 1.97. The molecule has 1 unspecified atom stereocenters. The molecule has 1 saturated heterocycles. The molecule has 1 atom stereocenters. The van der Waals surface area contributed by atoms with Gasteiger partial charge in [-0.25, -0.2) is 13.1 Å². The molecule has 106 valence electrons. The molecule has 1 fully saturated rings. The molecule has 1 aromatic carbocycles. The number of nitrogens with one attached hydrogen (secondary N) is 2. The highest BCUT2D eigenvalue weighted by molar-refractivity contribution is 9.11. The van der Waals surface area contributed by atoms with Crippen LogP contribution in [0.3, 0.4) is 0 Å². The van der Waals surface area contributed by atoms with Crippen molar-refractivity contribution in [3.05, 3.63) is 27.1 Å². The van der Waals surface area contributed by atoms with Crippen molar-refractivity contribution in [2.45, 2.75) is 30.2 Å². The first-order valence-electron chi connectivity index (χ1n) is 6.17. The highest BCUT2D eigenvalue weighted by Crippen LogP contribution is 2.25. The third-order valence-corrected chi connectivity index (χ3v) is 6.06. The summed E-state index contributed by atoms with van der Waals surface area (Å²) in [5.74, 6) is 0. The average Bonchev–Trinajstić information content (AvgIpc) is 2.81. The number of benzene rings is 1. The normalized spacial score (nSPS) is 19.8. The molecule has 4 nitrogen and oxygen atoms in total. The minimum absolute atomic E-state index is 0.273. The van der Waals surface area contributed by atoms with E-state index in [9.17, 15) is 8.42 Å². The van der Waals surface area contributed by atoms with E-state index in [1.54, 1.807) is 18.2 Å². The van der Waals surface area contributed by atoms with Crippen molar-refractivity contribution in [1.82, 2.24) is 10.0 Å². The van der Waals surface area contributed by atoms with Gasteiger partial charge in [0.15, 0.2) is 0 Å². The monoisotopic (exact) mass is 410 g/mol. The standard InChI is InChI=1S/C12H16Br2N2O2S/c13-9-3-4-12(11(14)8-9)19(17,18)16-7-5-10-2-1-6-15-10/h3-4,8,10,15-16H,1-2,5-7H2. The number of hydrogen-bond acceptors (Lipinski definition) is 3. The van der Waals surface area contributed by atoms with Crippen LogP contribution in [-0.2, 0) is 10.0 Å². The van der Waals surface area contributed by atoms with Crippen molar-refractivity contribution in [3.8, 4) is 0 Å². The smallest absolute Gasteiger partial charge is 0.241 e. The summed E-state index contributed by atoms with van der Waals surface area (Å²) in [4.78, 5) is 0.273. The molecule has 0 spiro atoms. The van der Waals surface area contributed by atoms with Crippen molar-refractivity contribution in [2.24, 2.45) is 0 Å². The Labute approximate surface area is 130 Å². The fourth-order valence-corrected chi connectivity index (χ4v) is 4.93. The van der Waals surface area contributed by atoms with Crippen LogP contribution in [0, 0.1) is 0 Å². The molecule has 2 N–H and O–H groups in total. The topological polar surface area (TPSA) is 58.2 Å². The molecule has 19 heavy (non-hydrogen) atoms. The van der Waals surface area contributed by atoms with E-state index < -0.39 is 10.0 Å². The molecule has 0 saturated carbocycles. The molecule has 2 rings (SSSR count). The lowest BCUT2D eigenvalue weighted by molar-refractivity contribution is 0.539. The number of halogens is 2. The molecule has 0 radical (unpaired) electrons. The van der Waals surface area contributed by atoms with E-state index in [2.05, 4.69) is 41.9 Å². The molecule has 1 aliphatic rings. The van der Waals surface area contributed by atoms with Crippen molar-refractivity contribution in [1.29, 1.82) is 0 Å². The molecular weight excluding hydrogens is 396 g/mol. The first-order valence-corrected chi connectivity index (χ1v) is 9.24. The van der Waals surface area contributed by atoms with Crippen LogP contribution in [0.4, 0.5) is 0 Å². The van der Waals surface area contributed by atoms with E-state index in [4.69, 9.17) is 0 Å². The van der Waals surface area contributed by atoms with Gasteiger partial charge in [-0.15, -0.1) is 0 Å². The van der Waals surface area contributed by atoms with E-state index >= 15 is 0 Å². The summed E-state index contributed by atoms with van der Waals surface area (Å²) in [6, 6.07) is 5.48. The maximum atomic E-state index is 12.2. The first-order chi connectivity index (χ1) is 8.99. The van der Waals surface area contributed by atoms with Gasteiger partial charge in [-0.05, 0) is 59.9 Å². The van der Waals surface area contributed by atoms with Crippen LogP contribution in [0.25, 0.3) is 0 Å². The molecular formula is C12H16Br2N2O2S. The fourth-order valence-electron chi connectivity index (χ4n) is 2.14. The second kappa shape index (κ2) is 6.67. The molecule has 1 aliphatic heterocycles. The van der Waals surface area contributed by atoms with Crippen LogP contribution in [0.2, 0.25) is 0 Å². The van der Waals surface area contributed by atoms with Crippen molar-refractivity contribution < 1.29 is 8.42 Å². The summed E-state index contributed by atoms with van der Waals surface area (Å²) in [6.45, 7) is 1.50. The van der Waals surface area contributed by atoms with Crippen LogP contribution in [0.5, 0.6) is 0 Å². The van der Waals surface area contributed by atoms with E-state index in [1.165, 1.54) is 6.42 Å². The van der Waals surface area contributed by atoms with Gasteiger partial charge in [-0.3, -0.25) is 0 Å². The molecule has 0 amide bonds. The van der Waals surface area contributed by atoms with Gasteiger partial charge in [0.1, 0.15) is 0 Å². The minimum atomic E-state index is -3.44. The summed E-state index contributed by atoms with van der Waals surface area (Å²) < 4.78 is 28.4. The van der Waals surface area contributed by atoms with E-state index in [0.29, 0.717) is 17.1 Å². The number of hydrogen-bond donors (Lipinski definition) is 2. The largest absolute Gasteiger partial charge is 0.314 e. The number of rotatable bonds is 5. The Morgan fingerprint density at radius 1 is 1.37 bits per heavy atom. The van der Waals surface area contributed by atoms with E-state index in [1.807, 2.05) is 0 Å². The van der Waals surface area contributed by atoms with Gasteiger partial charge in [0.2, 0.25) is 10.0 Å². The molecule has 7 heteroatoms. The average molecular weight is 412 g/mol. The Morgan fingerprint density at radius 2 is 2.16 bits per heavy atom. The SMILES string of the molecule is O=S(=O)(NCCC1CCCN1)c1ccc(Br)cc1Br. The zero-order valence-electron chi connectivity index (χ0n) is 10.3. The van der Waals surface area contributed by atoms with Crippen molar-refractivity contribution in [2.75, 3.05) is 13.1 Å². The van der Waals surface area contributed by atoms with Gasteiger partial charge in [0, 0.05) is 21.5 Å². The van der Waals surface area contributed by atoms with Crippen LogP contribution in [0.15, 0.2) is 32.0 Å². The fraction of sp³-hybridized carbons (Fsp3) is 0.500. The lowest BCUT2D eigenvalue weighted by Crippen LogP contribution is -2.30. The van der Waals surface area contributed by atoms with Crippen LogP contribution >= 0.6 is 31.9 Å². The summed E-state index contributed by atoms with van der Waals surface area (Å²) in [5.41, 5.74) is 0. The highest BCUT2D eigenvalue weighted by Gasteiger charge is 2.19. The Morgan fingerprint density at radius 3 is 2.79 bits per heavy atom. The second-order valence-corrected chi connectivity index (χ2v) is 8.06. The predicted octanol–water partition coefficient (Wildman–Crippen LogP) is 2.63. The minimum Gasteiger partial charge on any atom is -0.314 e. The van der Waals surface area contributed by atoms with Gasteiger partial charge >= 0.3 is 0 Å².